The van der Waals surface area contributed by atoms with Crippen molar-refractivity contribution in [3.8, 4) is 34.1 Å². The van der Waals surface area contributed by atoms with Crippen molar-refractivity contribution < 1.29 is 38.1 Å². The number of rotatable bonds is 13. The molecule has 0 unspecified atom stereocenters. The Balaban J connectivity index is 1.02. The van der Waals surface area contributed by atoms with E-state index in [-0.39, 0.29) is 22.6 Å². The standard InChI is InChI=1S/C50H40N6O8/c1-61-41-19-11-9-17-37(41)51-49(59)35-25-31-13-5-7-15-33(31)45(47(35)57)55-53-39-23-21-29(27-43(39)63-3)30-22-24-40(44(28-30)64-4)54-56-46-34-16-8-6-14-32(34)26-36(48(46)58)50(60)52-38-18-10-12-20-42(38)62-2/h5-28,53-54H,1-4H3,(H,51,59)(H,52,60)/b55-45-,56-46+. The first-order chi connectivity index (χ1) is 31.2. The molecule has 0 fully saturated rings. The minimum atomic E-state index is -0.605. The summed E-state index contributed by atoms with van der Waals surface area (Å²) in [7, 11) is 6.03. The molecule has 0 heterocycles. The summed E-state index contributed by atoms with van der Waals surface area (Å²) in [5, 5.41) is 14.6. The molecule has 0 spiro atoms. The predicted octanol–water partition coefficient (Wildman–Crippen LogP) is 8.23. The van der Waals surface area contributed by atoms with Gasteiger partial charge < -0.3 is 29.6 Å². The van der Waals surface area contributed by atoms with Crippen LogP contribution in [0.3, 0.4) is 0 Å². The molecule has 2 aliphatic carbocycles. The van der Waals surface area contributed by atoms with E-state index in [1.54, 1.807) is 121 Å². The number of fused-ring (bicyclic) bond motifs is 2. The normalized spacial score (nSPS) is 14.1. The van der Waals surface area contributed by atoms with Crippen LogP contribution in [0.4, 0.5) is 22.7 Å². The first kappa shape index (κ1) is 41.9. The van der Waals surface area contributed by atoms with E-state index < -0.39 is 23.4 Å². The number of hydrogen-bond acceptors (Lipinski definition) is 12. The first-order valence-corrected chi connectivity index (χ1v) is 19.9. The van der Waals surface area contributed by atoms with E-state index in [1.807, 2.05) is 24.3 Å². The van der Waals surface area contributed by atoms with E-state index >= 15 is 0 Å². The number of ketones is 2. The third-order valence-corrected chi connectivity index (χ3v) is 10.5. The van der Waals surface area contributed by atoms with Crippen molar-refractivity contribution in [1.29, 1.82) is 0 Å². The molecule has 14 nitrogen and oxygen atoms in total. The zero-order valence-corrected chi connectivity index (χ0v) is 35.0. The third kappa shape index (κ3) is 8.43. The highest BCUT2D eigenvalue weighted by molar-refractivity contribution is 6.60. The minimum absolute atomic E-state index is 0.0487. The van der Waals surface area contributed by atoms with Crippen molar-refractivity contribution in [1.82, 2.24) is 0 Å². The third-order valence-electron chi connectivity index (χ3n) is 10.5. The SMILES string of the molecule is COc1cc(-c2ccc(N/N=C3/C(=O)C(C(=O)Nc4ccccc4OC)=Cc4ccccc43)c(OC)c2)ccc1N/N=C1\C(=O)C(C(=O)Nc2ccccc2OC)=Cc2ccccc21. The fourth-order valence-corrected chi connectivity index (χ4v) is 7.21. The molecular weight excluding hydrogens is 813 g/mol. The maximum atomic E-state index is 13.9. The number of ether oxygens (including phenoxy) is 4. The van der Waals surface area contributed by atoms with Crippen LogP contribution in [-0.2, 0) is 19.2 Å². The number of nitrogens with zero attached hydrogens (tertiary/aromatic N) is 2. The van der Waals surface area contributed by atoms with Gasteiger partial charge in [0.2, 0.25) is 11.6 Å². The smallest absolute Gasteiger partial charge is 0.259 e. The molecule has 0 atom stereocenters. The molecule has 0 bridgehead atoms. The second-order valence-electron chi connectivity index (χ2n) is 14.2. The Morgan fingerprint density at radius 2 is 0.812 bits per heavy atom. The number of methoxy groups -OCH3 is 4. The molecule has 2 aliphatic rings. The highest BCUT2D eigenvalue weighted by Gasteiger charge is 2.32. The first-order valence-electron chi connectivity index (χ1n) is 19.9. The van der Waals surface area contributed by atoms with E-state index in [4.69, 9.17) is 18.9 Å². The Kier molecular flexibility index (Phi) is 12.1. The lowest BCUT2D eigenvalue weighted by atomic mass is 9.89. The number of anilines is 4. The van der Waals surface area contributed by atoms with Gasteiger partial charge in [0.25, 0.3) is 11.8 Å². The second-order valence-corrected chi connectivity index (χ2v) is 14.2. The summed E-state index contributed by atoms with van der Waals surface area (Å²) < 4.78 is 22.2. The Morgan fingerprint density at radius 3 is 1.22 bits per heavy atom. The maximum Gasteiger partial charge on any atom is 0.259 e. The topological polar surface area (TPSA) is 178 Å². The van der Waals surface area contributed by atoms with E-state index in [0.717, 1.165) is 11.1 Å². The molecule has 8 rings (SSSR count). The predicted molar refractivity (Wildman–Crippen MR) is 247 cm³/mol. The van der Waals surface area contributed by atoms with Crippen molar-refractivity contribution >= 4 is 69.7 Å². The highest BCUT2D eigenvalue weighted by Crippen LogP contribution is 2.36. The number of hydrogen-bond donors (Lipinski definition) is 4. The quantitative estimate of drug-likeness (QED) is 0.0654. The number of amides is 2. The Hall–Kier alpha value is -8.78. The van der Waals surface area contributed by atoms with Crippen molar-refractivity contribution in [2.75, 3.05) is 49.9 Å². The number of nitrogens with one attached hydrogen (secondary N) is 4. The summed E-state index contributed by atoms with van der Waals surface area (Å²) in [6, 6.07) is 39.0. The van der Waals surface area contributed by atoms with Gasteiger partial charge in [-0.1, -0.05) is 84.9 Å². The molecule has 14 heteroatoms. The monoisotopic (exact) mass is 852 g/mol. The molecule has 6 aromatic rings. The molecule has 0 aliphatic heterocycles. The number of Topliss-reactive ketones (excluding diaryl/α,β-unsaturated/α-hetero) is 2. The molecule has 6 aromatic carbocycles. The largest absolute Gasteiger partial charge is 0.495 e. The lowest BCUT2D eigenvalue weighted by Crippen LogP contribution is -2.30. The molecular formula is C50H40N6O8. The Labute approximate surface area is 367 Å². The molecule has 2 amide bonds. The van der Waals surface area contributed by atoms with Crippen molar-refractivity contribution in [3.05, 3.63) is 167 Å². The van der Waals surface area contributed by atoms with Gasteiger partial charge in [0.05, 0.1) is 62.3 Å². The molecule has 0 saturated heterocycles. The van der Waals surface area contributed by atoms with Crippen LogP contribution in [0.2, 0.25) is 0 Å². The van der Waals surface area contributed by atoms with Crippen LogP contribution in [0.15, 0.2) is 155 Å². The van der Waals surface area contributed by atoms with E-state index in [2.05, 4.69) is 31.7 Å². The zero-order chi connectivity index (χ0) is 44.7. The van der Waals surface area contributed by atoms with Crippen LogP contribution in [0.25, 0.3) is 23.3 Å². The van der Waals surface area contributed by atoms with Crippen molar-refractivity contribution in [2.45, 2.75) is 0 Å². The lowest BCUT2D eigenvalue weighted by molar-refractivity contribution is -0.118. The summed E-state index contributed by atoms with van der Waals surface area (Å²) in [5.74, 6) is -0.598. The van der Waals surface area contributed by atoms with Gasteiger partial charge in [-0.2, -0.15) is 10.2 Å². The fourth-order valence-electron chi connectivity index (χ4n) is 7.21. The summed E-state index contributed by atoms with van der Waals surface area (Å²) in [6.07, 6.45) is 3.10. The Bertz CT molecular complexity index is 2790. The van der Waals surface area contributed by atoms with E-state index in [1.165, 1.54) is 28.4 Å². The van der Waals surface area contributed by atoms with Crippen LogP contribution in [-0.4, -0.2) is 63.2 Å². The summed E-state index contributed by atoms with van der Waals surface area (Å²) in [6.45, 7) is 0. The van der Waals surface area contributed by atoms with Gasteiger partial charge in [0, 0.05) is 11.1 Å². The molecule has 0 saturated carbocycles. The van der Waals surface area contributed by atoms with Gasteiger partial charge in [-0.25, -0.2) is 0 Å². The number of benzene rings is 6. The van der Waals surface area contributed by atoms with Gasteiger partial charge in [0.15, 0.2) is 0 Å². The van der Waals surface area contributed by atoms with Crippen LogP contribution in [0.5, 0.6) is 23.0 Å². The lowest BCUT2D eigenvalue weighted by Gasteiger charge is -2.19. The average Bonchev–Trinajstić information content (AvgIpc) is 3.33. The van der Waals surface area contributed by atoms with Crippen LogP contribution in [0.1, 0.15) is 22.3 Å². The Morgan fingerprint density at radius 1 is 0.438 bits per heavy atom. The van der Waals surface area contributed by atoms with E-state index in [0.29, 0.717) is 68.0 Å². The highest BCUT2D eigenvalue weighted by atomic mass is 16.5. The summed E-state index contributed by atoms with van der Waals surface area (Å²) in [5.41, 5.74) is 11.6. The van der Waals surface area contributed by atoms with Crippen LogP contribution in [0, 0.1) is 0 Å². The van der Waals surface area contributed by atoms with Gasteiger partial charge in [-0.15, -0.1) is 0 Å². The van der Waals surface area contributed by atoms with Gasteiger partial charge in [0.1, 0.15) is 34.4 Å². The molecule has 0 radical (unpaired) electrons. The number of carbonyl (C=O) groups excluding carboxylic acids is 4. The van der Waals surface area contributed by atoms with Crippen molar-refractivity contribution in [2.24, 2.45) is 10.2 Å². The molecule has 318 valence electrons. The number of carbonyl (C=O) groups is 4. The van der Waals surface area contributed by atoms with Crippen LogP contribution >= 0.6 is 0 Å². The van der Waals surface area contributed by atoms with E-state index in [9.17, 15) is 19.2 Å². The average molecular weight is 853 g/mol. The molecule has 4 N–H and O–H groups in total. The maximum absolute atomic E-state index is 13.9. The van der Waals surface area contributed by atoms with Gasteiger partial charge >= 0.3 is 0 Å². The van der Waals surface area contributed by atoms with Crippen LogP contribution < -0.4 is 40.4 Å². The fraction of sp³-hybridized carbons (Fsp3) is 0.0800. The van der Waals surface area contributed by atoms with Gasteiger partial charge in [-0.3, -0.25) is 30.0 Å². The number of para-hydroxylation sites is 4. The minimum Gasteiger partial charge on any atom is -0.495 e. The summed E-state index contributed by atoms with van der Waals surface area (Å²) >= 11 is 0. The molecule has 64 heavy (non-hydrogen) atoms. The zero-order valence-electron chi connectivity index (χ0n) is 35.0. The van der Waals surface area contributed by atoms with Gasteiger partial charge in [-0.05, 0) is 82.9 Å². The van der Waals surface area contributed by atoms with Crippen molar-refractivity contribution in [3.63, 3.8) is 0 Å². The summed E-state index contributed by atoms with van der Waals surface area (Å²) in [4.78, 5) is 54.7. The molecule has 0 aromatic heterocycles. The number of hydrazone groups is 2. The second kappa shape index (κ2) is 18.5.